The van der Waals surface area contributed by atoms with Gasteiger partial charge in [-0.3, -0.25) is 4.79 Å². The van der Waals surface area contributed by atoms with Gasteiger partial charge in [-0.05, 0) is 42.4 Å². The average molecular weight is 321 g/mol. The van der Waals surface area contributed by atoms with Crippen molar-refractivity contribution >= 4 is 11.9 Å². The van der Waals surface area contributed by atoms with Gasteiger partial charge >= 0.3 is 5.97 Å². The van der Waals surface area contributed by atoms with E-state index < -0.39 is 23.9 Å². The fraction of sp³-hybridized carbons (Fsp3) is 0.529. The highest BCUT2D eigenvalue weighted by molar-refractivity contribution is 5.85. The van der Waals surface area contributed by atoms with E-state index in [9.17, 15) is 24.2 Å². The van der Waals surface area contributed by atoms with E-state index in [4.69, 9.17) is 0 Å². The molecule has 2 N–H and O–H groups in total. The molecule has 1 saturated carbocycles. The molecule has 1 aliphatic carbocycles. The van der Waals surface area contributed by atoms with E-state index in [1.54, 1.807) is 6.07 Å². The number of hydrogen-bond donors (Lipinski definition) is 2. The summed E-state index contributed by atoms with van der Waals surface area (Å²) < 4.78 is 13.2. The molecular formula is C17H20FNO4. The van der Waals surface area contributed by atoms with Crippen LogP contribution in [0.2, 0.25) is 0 Å². The molecule has 0 spiro atoms. The summed E-state index contributed by atoms with van der Waals surface area (Å²) in [6, 6.07) is 4.67. The first-order valence-corrected chi connectivity index (χ1v) is 7.93. The van der Waals surface area contributed by atoms with Crippen molar-refractivity contribution < 1.29 is 24.2 Å². The van der Waals surface area contributed by atoms with Gasteiger partial charge in [-0.1, -0.05) is 18.6 Å². The summed E-state index contributed by atoms with van der Waals surface area (Å²) in [6.45, 7) is 0.441. The van der Waals surface area contributed by atoms with E-state index in [-0.39, 0.29) is 24.2 Å². The second-order valence-corrected chi connectivity index (χ2v) is 6.46. The third-order valence-electron chi connectivity index (χ3n) is 5.07. The van der Waals surface area contributed by atoms with E-state index in [0.717, 1.165) is 19.3 Å². The summed E-state index contributed by atoms with van der Waals surface area (Å²) in [5.41, 5.74) is 0.324. The second kappa shape index (κ2) is 6.28. The van der Waals surface area contributed by atoms with E-state index >= 15 is 0 Å². The molecule has 1 saturated heterocycles. The first kappa shape index (κ1) is 15.9. The minimum atomic E-state index is -1.13. The number of halogens is 1. The first-order chi connectivity index (χ1) is 11.0. The van der Waals surface area contributed by atoms with Gasteiger partial charge in [0.15, 0.2) is 0 Å². The molecule has 1 aliphatic heterocycles. The van der Waals surface area contributed by atoms with Gasteiger partial charge in [0.1, 0.15) is 11.9 Å². The van der Waals surface area contributed by atoms with Crippen LogP contribution in [0.1, 0.15) is 37.4 Å². The third kappa shape index (κ3) is 3.08. The molecule has 2 fully saturated rings. The molecule has 5 nitrogen and oxygen atoms in total. The molecule has 6 heteroatoms. The lowest BCUT2D eigenvalue weighted by Gasteiger charge is -2.25. The normalized spacial score (nSPS) is 27.7. The molecule has 2 aliphatic rings. The Morgan fingerprint density at radius 2 is 2.13 bits per heavy atom. The lowest BCUT2D eigenvalue weighted by molar-refractivity contribution is -0.150. The predicted octanol–water partition coefficient (Wildman–Crippen LogP) is 1.96. The Hall–Kier alpha value is -1.95. The fourth-order valence-corrected chi connectivity index (χ4v) is 3.99. The zero-order valence-electron chi connectivity index (χ0n) is 12.7. The predicted molar refractivity (Wildman–Crippen MR) is 79.9 cm³/mol. The molecule has 124 valence electrons. The lowest BCUT2D eigenvalue weighted by Crippen LogP contribution is -2.43. The smallest absolute Gasteiger partial charge is 0.326 e. The molecule has 23 heavy (non-hydrogen) atoms. The number of carbonyl (C=O) groups is 2. The van der Waals surface area contributed by atoms with Crippen molar-refractivity contribution in [2.45, 2.75) is 37.8 Å². The molecule has 0 radical (unpaired) electrons. The Balaban J connectivity index is 1.71. The molecule has 0 bridgehead atoms. The van der Waals surface area contributed by atoms with Crippen molar-refractivity contribution in [1.29, 1.82) is 0 Å². The maximum atomic E-state index is 13.2. The van der Waals surface area contributed by atoms with Crippen LogP contribution < -0.4 is 0 Å². The van der Waals surface area contributed by atoms with Crippen LogP contribution in [0.25, 0.3) is 0 Å². The molecule has 4 atom stereocenters. The van der Waals surface area contributed by atoms with Crippen LogP contribution in [0, 0.1) is 17.7 Å². The van der Waals surface area contributed by atoms with Gasteiger partial charge in [-0.25, -0.2) is 9.18 Å². The monoisotopic (exact) mass is 321 g/mol. The minimum absolute atomic E-state index is 0.0164. The number of aliphatic hydroxyl groups is 1. The molecular weight excluding hydrogens is 301 g/mol. The maximum Gasteiger partial charge on any atom is 0.326 e. The second-order valence-electron chi connectivity index (χ2n) is 6.46. The van der Waals surface area contributed by atoms with Gasteiger partial charge in [0, 0.05) is 6.54 Å². The quantitative estimate of drug-likeness (QED) is 0.889. The molecule has 4 unspecified atom stereocenters. The van der Waals surface area contributed by atoms with Gasteiger partial charge in [0.2, 0.25) is 5.91 Å². The first-order valence-electron chi connectivity index (χ1n) is 7.93. The standard InChI is InChI=1S/C17H20FNO4/c18-12-5-1-3-10(7-12)14(20)8-15(21)19-9-11-4-2-6-13(11)16(19)17(22)23/h1,3,5,7,11,13-14,16,20H,2,4,6,8-9H2,(H,22,23). The van der Waals surface area contributed by atoms with Crippen molar-refractivity contribution in [3.8, 4) is 0 Å². The minimum Gasteiger partial charge on any atom is -0.480 e. The summed E-state index contributed by atoms with van der Waals surface area (Å²) in [5, 5.41) is 19.6. The van der Waals surface area contributed by atoms with Crippen molar-refractivity contribution in [3.63, 3.8) is 0 Å². The Kier molecular flexibility index (Phi) is 4.35. The summed E-state index contributed by atoms with van der Waals surface area (Å²) in [4.78, 5) is 25.4. The number of carboxylic acid groups (broad SMARTS) is 1. The largest absolute Gasteiger partial charge is 0.480 e. The number of carboxylic acids is 1. The maximum absolute atomic E-state index is 13.2. The number of amides is 1. The number of rotatable bonds is 4. The summed E-state index contributed by atoms with van der Waals surface area (Å²) in [6.07, 6.45) is 1.43. The summed E-state index contributed by atoms with van der Waals surface area (Å²) in [5.74, 6) is -1.58. The lowest BCUT2D eigenvalue weighted by atomic mass is 9.94. The van der Waals surface area contributed by atoms with E-state index in [2.05, 4.69) is 0 Å². The highest BCUT2D eigenvalue weighted by atomic mass is 19.1. The molecule has 0 aromatic heterocycles. The van der Waals surface area contributed by atoms with Gasteiger partial charge in [0.25, 0.3) is 0 Å². The van der Waals surface area contributed by atoms with E-state index in [0.29, 0.717) is 12.1 Å². The molecule has 1 heterocycles. The van der Waals surface area contributed by atoms with E-state index in [1.165, 1.54) is 23.1 Å². The number of fused-ring (bicyclic) bond motifs is 1. The zero-order valence-corrected chi connectivity index (χ0v) is 12.7. The van der Waals surface area contributed by atoms with Crippen molar-refractivity contribution in [2.75, 3.05) is 6.54 Å². The van der Waals surface area contributed by atoms with Crippen LogP contribution >= 0.6 is 0 Å². The summed E-state index contributed by atoms with van der Waals surface area (Å²) >= 11 is 0. The highest BCUT2D eigenvalue weighted by Crippen LogP contribution is 2.42. The van der Waals surface area contributed by atoms with Gasteiger partial charge in [-0.15, -0.1) is 0 Å². The molecule has 1 amide bonds. The number of nitrogens with zero attached hydrogens (tertiary/aromatic N) is 1. The third-order valence-corrected chi connectivity index (χ3v) is 5.07. The Morgan fingerprint density at radius 1 is 1.35 bits per heavy atom. The number of hydrogen-bond acceptors (Lipinski definition) is 3. The Bertz CT molecular complexity index is 620. The molecule has 1 aromatic rings. The number of aliphatic hydroxyl groups excluding tert-OH is 1. The zero-order chi connectivity index (χ0) is 16.6. The molecule has 1 aromatic carbocycles. The average Bonchev–Trinajstić information content (AvgIpc) is 3.06. The van der Waals surface area contributed by atoms with Gasteiger partial charge < -0.3 is 15.1 Å². The van der Waals surface area contributed by atoms with Crippen molar-refractivity contribution in [1.82, 2.24) is 4.90 Å². The Labute approximate surface area is 133 Å². The van der Waals surface area contributed by atoms with Crippen LogP contribution in [-0.4, -0.2) is 39.6 Å². The van der Waals surface area contributed by atoms with E-state index in [1.807, 2.05) is 0 Å². The van der Waals surface area contributed by atoms with Gasteiger partial charge in [-0.2, -0.15) is 0 Å². The fourth-order valence-electron chi connectivity index (χ4n) is 3.99. The van der Waals surface area contributed by atoms with Gasteiger partial charge in [0.05, 0.1) is 12.5 Å². The SMILES string of the molecule is O=C(O)C1C2CCCC2CN1C(=O)CC(O)c1cccc(F)c1. The van der Waals surface area contributed by atoms with Crippen LogP contribution in [0.4, 0.5) is 4.39 Å². The number of carbonyl (C=O) groups excluding carboxylic acids is 1. The van der Waals surface area contributed by atoms with Crippen LogP contribution in [0.15, 0.2) is 24.3 Å². The summed E-state index contributed by atoms with van der Waals surface area (Å²) in [7, 11) is 0. The Morgan fingerprint density at radius 3 is 2.83 bits per heavy atom. The highest BCUT2D eigenvalue weighted by Gasteiger charge is 2.49. The molecule has 3 rings (SSSR count). The number of aliphatic carboxylic acids is 1. The van der Waals surface area contributed by atoms with Crippen molar-refractivity contribution in [3.05, 3.63) is 35.6 Å². The topological polar surface area (TPSA) is 77.8 Å². The van der Waals surface area contributed by atoms with Crippen LogP contribution in [0.3, 0.4) is 0 Å². The van der Waals surface area contributed by atoms with Crippen LogP contribution in [-0.2, 0) is 9.59 Å². The van der Waals surface area contributed by atoms with Crippen LogP contribution in [0.5, 0.6) is 0 Å². The number of benzene rings is 1. The van der Waals surface area contributed by atoms with Crippen molar-refractivity contribution in [2.24, 2.45) is 11.8 Å². The number of likely N-dealkylation sites (tertiary alicyclic amines) is 1.